The van der Waals surface area contributed by atoms with Gasteiger partial charge in [0.15, 0.2) is 0 Å². The molecular formula is C18H16Cl4. The predicted molar refractivity (Wildman–Crippen MR) is 96.8 cm³/mol. The third-order valence-corrected chi connectivity index (χ3v) is 6.27. The molecule has 22 heavy (non-hydrogen) atoms. The van der Waals surface area contributed by atoms with E-state index in [9.17, 15) is 0 Å². The monoisotopic (exact) mass is 372 g/mol. The van der Waals surface area contributed by atoms with Gasteiger partial charge in [-0.2, -0.15) is 0 Å². The van der Waals surface area contributed by atoms with Crippen molar-refractivity contribution in [2.24, 2.45) is 0 Å². The molecule has 0 aliphatic heterocycles. The van der Waals surface area contributed by atoms with Gasteiger partial charge in [0.25, 0.3) is 0 Å². The number of hydrogen-bond donors (Lipinski definition) is 0. The van der Waals surface area contributed by atoms with Crippen LogP contribution in [0.2, 0.25) is 5.02 Å². The van der Waals surface area contributed by atoms with Gasteiger partial charge >= 0.3 is 0 Å². The van der Waals surface area contributed by atoms with Crippen molar-refractivity contribution >= 4 is 46.4 Å². The molecule has 116 valence electrons. The van der Waals surface area contributed by atoms with Crippen LogP contribution in [-0.4, -0.2) is 3.79 Å². The lowest BCUT2D eigenvalue weighted by molar-refractivity contribution is 0.495. The molecule has 4 heteroatoms. The molecular weight excluding hydrogens is 358 g/mol. The fourth-order valence-electron chi connectivity index (χ4n) is 3.53. The molecule has 2 aromatic rings. The van der Waals surface area contributed by atoms with Crippen LogP contribution in [0.15, 0.2) is 42.5 Å². The largest absolute Gasteiger partial charge is 0.203 e. The van der Waals surface area contributed by atoms with Crippen molar-refractivity contribution in [3.05, 3.63) is 69.7 Å². The van der Waals surface area contributed by atoms with E-state index in [1.165, 1.54) is 5.56 Å². The number of alkyl halides is 3. The lowest BCUT2D eigenvalue weighted by atomic mass is 9.60. The van der Waals surface area contributed by atoms with Crippen LogP contribution < -0.4 is 0 Å². The smallest absolute Gasteiger partial charge is 0.0843 e. The summed E-state index contributed by atoms with van der Waals surface area (Å²) in [5.74, 6) is 0. The molecule has 3 rings (SSSR count). The van der Waals surface area contributed by atoms with Crippen LogP contribution in [0.1, 0.15) is 43.0 Å². The number of fused-ring (bicyclic) bond motifs is 2. The molecule has 0 bridgehead atoms. The first-order chi connectivity index (χ1) is 10.1. The van der Waals surface area contributed by atoms with Gasteiger partial charge < -0.3 is 0 Å². The standard InChI is InChI=1S/C18H16Cl4/c1-16(2)12-6-4-5-7-13(12)17(3,18(20,21)22)14-9-8-11(19)10-15(14)16/h4-10H,1-3H3/t17-/m1/s1. The minimum Gasteiger partial charge on any atom is -0.0843 e. The highest BCUT2D eigenvalue weighted by molar-refractivity contribution is 6.68. The molecule has 0 heterocycles. The zero-order valence-corrected chi connectivity index (χ0v) is 15.6. The normalized spacial score (nSPS) is 22.9. The third-order valence-electron chi connectivity index (χ3n) is 4.90. The summed E-state index contributed by atoms with van der Waals surface area (Å²) in [7, 11) is 0. The summed E-state index contributed by atoms with van der Waals surface area (Å²) in [6.07, 6.45) is 0. The summed E-state index contributed by atoms with van der Waals surface area (Å²) >= 11 is 25.6. The Morgan fingerprint density at radius 1 is 0.773 bits per heavy atom. The molecule has 1 aliphatic carbocycles. The number of halogens is 4. The van der Waals surface area contributed by atoms with E-state index >= 15 is 0 Å². The Hall–Kier alpha value is -0.400. The zero-order chi connectivity index (χ0) is 16.3. The van der Waals surface area contributed by atoms with Gasteiger partial charge in [0.2, 0.25) is 3.79 Å². The molecule has 0 fully saturated rings. The van der Waals surface area contributed by atoms with Crippen molar-refractivity contribution in [1.82, 2.24) is 0 Å². The van der Waals surface area contributed by atoms with E-state index in [0.717, 1.165) is 16.7 Å². The average Bonchev–Trinajstić information content (AvgIpc) is 2.44. The predicted octanol–water partition coefficient (Wildman–Crippen LogP) is 6.66. The summed E-state index contributed by atoms with van der Waals surface area (Å²) < 4.78 is -1.47. The molecule has 0 unspecified atom stereocenters. The number of rotatable bonds is 0. The minimum atomic E-state index is -1.47. The van der Waals surface area contributed by atoms with Crippen LogP contribution in [-0.2, 0) is 10.8 Å². The van der Waals surface area contributed by atoms with Gasteiger partial charge in [-0.1, -0.05) is 90.6 Å². The van der Waals surface area contributed by atoms with Crippen molar-refractivity contribution in [2.75, 3.05) is 0 Å². The SMILES string of the molecule is CC1(C)c2ccccc2[C@@](C)(C(Cl)(Cl)Cl)c2ccc(Cl)cc21. The maximum Gasteiger partial charge on any atom is 0.203 e. The van der Waals surface area contributed by atoms with Crippen molar-refractivity contribution in [3.63, 3.8) is 0 Å². The molecule has 0 amide bonds. The summed E-state index contributed by atoms with van der Waals surface area (Å²) in [5.41, 5.74) is 3.40. The molecule has 0 radical (unpaired) electrons. The van der Waals surface area contributed by atoms with Gasteiger partial charge in [-0.3, -0.25) is 0 Å². The van der Waals surface area contributed by atoms with Crippen molar-refractivity contribution in [2.45, 2.75) is 35.4 Å². The van der Waals surface area contributed by atoms with E-state index in [1.807, 2.05) is 37.3 Å². The van der Waals surface area contributed by atoms with Crippen LogP contribution >= 0.6 is 46.4 Å². The first-order valence-corrected chi connectivity index (χ1v) is 8.58. The van der Waals surface area contributed by atoms with E-state index in [-0.39, 0.29) is 5.41 Å². The maximum absolute atomic E-state index is 6.44. The Morgan fingerprint density at radius 3 is 1.91 bits per heavy atom. The average molecular weight is 374 g/mol. The second-order valence-electron chi connectivity index (χ2n) is 6.48. The van der Waals surface area contributed by atoms with Crippen molar-refractivity contribution in [1.29, 1.82) is 0 Å². The second-order valence-corrected chi connectivity index (χ2v) is 9.20. The Bertz CT molecular complexity index is 743. The van der Waals surface area contributed by atoms with Crippen LogP contribution in [0.3, 0.4) is 0 Å². The molecule has 0 N–H and O–H groups in total. The van der Waals surface area contributed by atoms with Crippen LogP contribution in [0, 0.1) is 0 Å². The first kappa shape index (κ1) is 16.5. The number of hydrogen-bond acceptors (Lipinski definition) is 0. The number of benzene rings is 2. The summed E-state index contributed by atoms with van der Waals surface area (Å²) in [6.45, 7) is 6.35. The van der Waals surface area contributed by atoms with Gasteiger partial charge in [-0.25, -0.2) is 0 Å². The summed E-state index contributed by atoms with van der Waals surface area (Å²) in [6, 6.07) is 14.0. The highest BCUT2D eigenvalue weighted by Gasteiger charge is 2.54. The fraction of sp³-hybridized carbons (Fsp3) is 0.333. The van der Waals surface area contributed by atoms with E-state index in [0.29, 0.717) is 5.02 Å². The van der Waals surface area contributed by atoms with E-state index < -0.39 is 9.21 Å². The fourth-order valence-corrected chi connectivity index (χ4v) is 4.31. The Labute approximate surface area is 151 Å². The molecule has 1 atom stereocenters. The third kappa shape index (κ3) is 2.12. The lowest BCUT2D eigenvalue weighted by Crippen LogP contribution is -2.46. The second kappa shape index (κ2) is 5.05. The van der Waals surface area contributed by atoms with Crippen LogP contribution in [0.25, 0.3) is 0 Å². The lowest BCUT2D eigenvalue weighted by Gasteiger charge is -2.48. The summed E-state index contributed by atoms with van der Waals surface area (Å²) in [5, 5.41) is 0.692. The topological polar surface area (TPSA) is 0 Å². The molecule has 0 aromatic heterocycles. The maximum atomic E-state index is 6.44. The van der Waals surface area contributed by atoms with E-state index in [4.69, 9.17) is 46.4 Å². The summed E-state index contributed by atoms with van der Waals surface area (Å²) in [4.78, 5) is 0. The van der Waals surface area contributed by atoms with E-state index in [2.05, 4.69) is 26.0 Å². The molecule has 0 nitrogen and oxygen atoms in total. The van der Waals surface area contributed by atoms with Crippen molar-refractivity contribution < 1.29 is 0 Å². The molecule has 0 spiro atoms. The Morgan fingerprint density at radius 2 is 1.32 bits per heavy atom. The minimum absolute atomic E-state index is 0.202. The Kier molecular flexibility index (Phi) is 3.78. The van der Waals surface area contributed by atoms with Crippen molar-refractivity contribution in [3.8, 4) is 0 Å². The highest BCUT2D eigenvalue weighted by atomic mass is 35.6. The van der Waals surface area contributed by atoms with Crippen LogP contribution in [0.4, 0.5) is 0 Å². The molecule has 1 aliphatic rings. The highest BCUT2D eigenvalue weighted by Crippen LogP contribution is 2.58. The van der Waals surface area contributed by atoms with Gasteiger partial charge in [0.05, 0.1) is 5.41 Å². The van der Waals surface area contributed by atoms with Crippen LogP contribution in [0.5, 0.6) is 0 Å². The van der Waals surface area contributed by atoms with Gasteiger partial charge in [-0.05, 0) is 41.3 Å². The van der Waals surface area contributed by atoms with Gasteiger partial charge in [0.1, 0.15) is 0 Å². The molecule has 2 aromatic carbocycles. The Balaban J connectivity index is 2.46. The van der Waals surface area contributed by atoms with Gasteiger partial charge in [-0.15, -0.1) is 0 Å². The quantitative estimate of drug-likeness (QED) is 0.453. The molecule has 0 saturated heterocycles. The zero-order valence-electron chi connectivity index (χ0n) is 12.6. The molecule has 0 saturated carbocycles. The van der Waals surface area contributed by atoms with Gasteiger partial charge in [0, 0.05) is 10.4 Å². The van der Waals surface area contributed by atoms with E-state index in [1.54, 1.807) is 0 Å². The first-order valence-electron chi connectivity index (χ1n) is 7.07.